The highest BCUT2D eigenvalue weighted by Gasteiger charge is 2.36. The summed E-state index contributed by atoms with van der Waals surface area (Å²) in [6, 6.07) is 6.52. The first kappa shape index (κ1) is 35.8. The Balaban J connectivity index is 0.000000257. The second kappa shape index (κ2) is 14.6. The molecule has 14 heteroatoms. The quantitative estimate of drug-likeness (QED) is 0.264. The van der Waals surface area contributed by atoms with E-state index in [2.05, 4.69) is 15.3 Å². The van der Waals surface area contributed by atoms with E-state index < -0.39 is 35.1 Å². The standard InChI is InChI=1S/C18H27N3O5.C13H17ClN2O3/c1-17(2,3)25-15(22)20-14-8-7-12(11-19-14)13-9-10-24-21(13)16(23)26-18(4,5)6;1-13(2,3)19-12(17)16-10(6-7-18-16)9-4-5-11(14)15-8-9/h7-8,11,13H,9-10H2,1-6H3,(H,19,20,22);4-5,8,10H,6-7H2,1-3H3. The Hall–Kier alpha value is -3.68. The molecule has 0 saturated carbocycles. The molecule has 2 fully saturated rings. The van der Waals surface area contributed by atoms with E-state index in [0.29, 0.717) is 37.0 Å². The fraction of sp³-hybridized carbons (Fsp3) is 0.581. The highest BCUT2D eigenvalue weighted by Crippen LogP contribution is 2.33. The molecule has 2 saturated heterocycles. The average molecular weight is 650 g/mol. The summed E-state index contributed by atoms with van der Waals surface area (Å²) in [5, 5.41) is 5.51. The van der Waals surface area contributed by atoms with Crippen LogP contribution in [-0.4, -0.2) is 68.4 Å². The number of carbonyl (C=O) groups is 3. The van der Waals surface area contributed by atoms with Crippen LogP contribution in [0.1, 0.15) is 98.4 Å². The van der Waals surface area contributed by atoms with Crippen LogP contribution in [0.4, 0.5) is 20.2 Å². The summed E-state index contributed by atoms with van der Waals surface area (Å²) in [6.07, 6.45) is 3.02. The molecule has 2 aliphatic rings. The number of pyridine rings is 2. The highest BCUT2D eigenvalue weighted by atomic mass is 35.5. The number of hydrogen-bond donors (Lipinski definition) is 1. The van der Waals surface area contributed by atoms with Crippen molar-refractivity contribution >= 4 is 35.7 Å². The first-order chi connectivity index (χ1) is 20.8. The van der Waals surface area contributed by atoms with Crippen LogP contribution in [0.2, 0.25) is 5.15 Å². The molecule has 13 nitrogen and oxygen atoms in total. The maximum absolute atomic E-state index is 12.3. The van der Waals surface area contributed by atoms with Crippen LogP contribution in [0.5, 0.6) is 0 Å². The monoisotopic (exact) mass is 649 g/mol. The van der Waals surface area contributed by atoms with Gasteiger partial charge in [-0.1, -0.05) is 23.7 Å². The maximum Gasteiger partial charge on any atom is 0.435 e. The van der Waals surface area contributed by atoms with E-state index in [0.717, 1.165) is 11.1 Å². The second-order valence-corrected chi connectivity index (χ2v) is 13.8. The SMILES string of the molecule is CC(C)(C)OC(=O)N1OCCC1c1ccc(Cl)nc1.CC(C)(C)OC(=O)Nc1ccc(C2CCON2C(=O)OC(C)(C)C)cn1. The minimum absolute atomic E-state index is 0.181. The van der Waals surface area contributed by atoms with Gasteiger partial charge in [-0.15, -0.1) is 0 Å². The van der Waals surface area contributed by atoms with Gasteiger partial charge in [0.25, 0.3) is 0 Å². The predicted octanol–water partition coefficient (Wildman–Crippen LogP) is 7.39. The zero-order valence-corrected chi connectivity index (χ0v) is 28.1. The molecule has 4 rings (SSSR count). The number of nitrogens with zero attached hydrogens (tertiary/aromatic N) is 4. The summed E-state index contributed by atoms with van der Waals surface area (Å²) in [5.41, 5.74) is -0.0614. The fourth-order valence-corrected chi connectivity index (χ4v) is 4.30. The molecule has 0 bridgehead atoms. The van der Waals surface area contributed by atoms with Gasteiger partial charge in [-0.25, -0.2) is 24.4 Å². The molecule has 1 N–H and O–H groups in total. The van der Waals surface area contributed by atoms with Gasteiger partial charge in [0.1, 0.15) is 27.8 Å². The Morgan fingerprint density at radius 1 is 0.733 bits per heavy atom. The highest BCUT2D eigenvalue weighted by molar-refractivity contribution is 6.29. The normalized spacial score (nSPS) is 18.5. The Morgan fingerprint density at radius 2 is 1.18 bits per heavy atom. The average Bonchev–Trinajstić information content (AvgIpc) is 3.58. The Morgan fingerprint density at radius 3 is 1.56 bits per heavy atom. The van der Waals surface area contributed by atoms with E-state index >= 15 is 0 Å². The largest absolute Gasteiger partial charge is 0.444 e. The van der Waals surface area contributed by atoms with Crippen LogP contribution in [-0.2, 0) is 23.9 Å². The van der Waals surface area contributed by atoms with E-state index in [-0.39, 0.29) is 12.1 Å². The van der Waals surface area contributed by atoms with Gasteiger partial charge in [-0.2, -0.15) is 10.1 Å². The lowest BCUT2D eigenvalue weighted by Gasteiger charge is -2.27. The van der Waals surface area contributed by atoms with Crippen molar-refractivity contribution in [3.05, 3.63) is 52.9 Å². The fourth-order valence-electron chi connectivity index (χ4n) is 4.19. The van der Waals surface area contributed by atoms with Gasteiger partial charge in [0.05, 0.1) is 25.3 Å². The summed E-state index contributed by atoms with van der Waals surface area (Å²) < 4.78 is 15.9. The first-order valence-corrected chi connectivity index (χ1v) is 15.1. The van der Waals surface area contributed by atoms with E-state index in [1.807, 2.05) is 26.8 Å². The molecular weight excluding hydrogens is 606 g/mol. The van der Waals surface area contributed by atoms with Crippen LogP contribution in [0.25, 0.3) is 0 Å². The molecule has 2 aliphatic heterocycles. The molecule has 248 valence electrons. The number of amides is 3. The second-order valence-electron chi connectivity index (χ2n) is 13.4. The summed E-state index contributed by atoms with van der Waals surface area (Å²) in [4.78, 5) is 55.1. The van der Waals surface area contributed by atoms with Gasteiger partial charge in [0.2, 0.25) is 0 Å². The van der Waals surface area contributed by atoms with Gasteiger partial charge in [-0.05, 0) is 85.6 Å². The maximum atomic E-state index is 12.3. The van der Waals surface area contributed by atoms with Crippen LogP contribution >= 0.6 is 11.6 Å². The van der Waals surface area contributed by atoms with E-state index in [1.54, 1.807) is 72.1 Å². The Labute approximate surface area is 269 Å². The smallest absolute Gasteiger partial charge is 0.435 e. The molecule has 2 unspecified atom stereocenters. The summed E-state index contributed by atoms with van der Waals surface area (Å²) >= 11 is 5.76. The van der Waals surface area contributed by atoms with Crippen LogP contribution < -0.4 is 5.32 Å². The number of ether oxygens (including phenoxy) is 3. The van der Waals surface area contributed by atoms with Crippen molar-refractivity contribution in [2.24, 2.45) is 0 Å². The molecule has 4 heterocycles. The van der Waals surface area contributed by atoms with E-state index in [4.69, 9.17) is 35.5 Å². The molecule has 2 atom stereocenters. The lowest BCUT2D eigenvalue weighted by molar-refractivity contribution is -0.125. The topological polar surface area (TPSA) is 142 Å². The first-order valence-electron chi connectivity index (χ1n) is 14.7. The third kappa shape index (κ3) is 11.6. The molecule has 0 aromatic carbocycles. The predicted molar refractivity (Wildman–Crippen MR) is 166 cm³/mol. The number of nitrogens with one attached hydrogen (secondary N) is 1. The van der Waals surface area contributed by atoms with Gasteiger partial charge in [0.15, 0.2) is 0 Å². The number of anilines is 1. The zero-order valence-electron chi connectivity index (χ0n) is 27.4. The van der Waals surface area contributed by atoms with Gasteiger partial charge < -0.3 is 14.2 Å². The summed E-state index contributed by atoms with van der Waals surface area (Å²) in [7, 11) is 0. The van der Waals surface area contributed by atoms with Crippen molar-refractivity contribution in [3.8, 4) is 0 Å². The number of aromatic nitrogens is 2. The van der Waals surface area contributed by atoms with Crippen molar-refractivity contribution < 1.29 is 38.3 Å². The van der Waals surface area contributed by atoms with E-state index in [1.165, 1.54) is 10.1 Å². The van der Waals surface area contributed by atoms with Gasteiger partial charge >= 0.3 is 18.3 Å². The van der Waals surface area contributed by atoms with Gasteiger partial charge in [0, 0.05) is 25.2 Å². The number of carbonyl (C=O) groups excluding carboxylic acids is 3. The molecular formula is C31H44ClN5O8. The Bertz CT molecular complexity index is 1300. The van der Waals surface area contributed by atoms with Crippen LogP contribution in [0.3, 0.4) is 0 Å². The third-order valence-corrected chi connectivity index (χ3v) is 6.12. The molecule has 0 aliphatic carbocycles. The minimum Gasteiger partial charge on any atom is -0.444 e. The molecule has 3 amide bonds. The van der Waals surface area contributed by atoms with Crippen molar-refractivity contribution in [2.75, 3.05) is 18.5 Å². The van der Waals surface area contributed by atoms with E-state index in [9.17, 15) is 14.4 Å². The zero-order chi connectivity index (χ0) is 33.6. The van der Waals surface area contributed by atoms with Crippen molar-refractivity contribution in [1.29, 1.82) is 0 Å². The van der Waals surface area contributed by atoms with Gasteiger partial charge in [-0.3, -0.25) is 15.0 Å². The molecule has 0 spiro atoms. The number of hydroxylamine groups is 4. The van der Waals surface area contributed by atoms with Crippen LogP contribution in [0, 0.1) is 0 Å². The molecule has 0 radical (unpaired) electrons. The number of hydrogen-bond acceptors (Lipinski definition) is 10. The molecule has 2 aromatic heterocycles. The van der Waals surface area contributed by atoms with Crippen molar-refractivity contribution in [1.82, 2.24) is 20.1 Å². The number of halogens is 1. The summed E-state index contributed by atoms with van der Waals surface area (Å²) in [6.45, 7) is 17.1. The number of rotatable bonds is 3. The van der Waals surface area contributed by atoms with Crippen molar-refractivity contribution in [3.63, 3.8) is 0 Å². The lowest BCUT2D eigenvalue weighted by atomic mass is 10.1. The Kier molecular flexibility index (Phi) is 11.6. The van der Waals surface area contributed by atoms with Crippen LogP contribution in [0.15, 0.2) is 36.7 Å². The summed E-state index contributed by atoms with van der Waals surface area (Å²) in [5.74, 6) is 0.366. The third-order valence-electron chi connectivity index (χ3n) is 5.89. The van der Waals surface area contributed by atoms with Crippen molar-refractivity contribution in [2.45, 2.75) is 104 Å². The molecule has 2 aromatic rings. The minimum atomic E-state index is -0.604. The molecule has 45 heavy (non-hydrogen) atoms. The lowest BCUT2D eigenvalue weighted by Crippen LogP contribution is -2.35.